The van der Waals surface area contributed by atoms with Crippen molar-refractivity contribution >= 4 is 38.9 Å². The predicted molar refractivity (Wildman–Crippen MR) is 65.9 cm³/mol. The molecule has 1 heterocycles. The molecule has 2 N–H and O–H groups in total. The topological polar surface area (TPSA) is 83.5 Å². The van der Waals surface area contributed by atoms with Crippen LogP contribution in [0, 0.1) is 5.41 Å². The van der Waals surface area contributed by atoms with Crippen LogP contribution in [0.5, 0.6) is 0 Å². The lowest BCUT2D eigenvalue weighted by Gasteiger charge is -2.19. The number of hydrogen-bond acceptors (Lipinski definition) is 4. The van der Waals surface area contributed by atoms with Crippen LogP contribution in [0.25, 0.3) is 0 Å². The summed E-state index contributed by atoms with van der Waals surface area (Å²) in [6, 6.07) is 1.48. The van der Waals surface area contributed by atoms with Crippen molar-refractivity contribution in [3.05, 3.63) is 16.5 Å². The smallest absolute Gasteiger partial charge is 0.310 e. The highest BCUT2D eigenvalue weighted by Gasteiger charge is 2.30. The second-order valence-corrected chi connectivity index (χ2v) is 7.36. The minimum atomic E-state index is -3.74. The first-order valence-corrected chi connectivity index (χ1v) is 7.37. The first-order valence-electron chi connectivity index (χ1n) is 4.63. The summed E-state index contributed by atoms with van der Waals surface area (Å²) in [5.41, 5.74) is -1.17. The zero-order chi connectivity index (χ0) is 13.3. The number of hydrogen-bond donors (Lipinski definition) is 2. The Labute approximate surface area is 108 Å². The Morgan fingerprint density at radius 1 is 1.59 bits per heavy atom. The fraction of sp³-hybridized carbons (Fsp3) is 0.444. The highest BCUT2D eigenvalue weighted by atomic mass is 35.5. The molecule has 0 saturated carbocycles. The van der Waals surface area contributed by atoms with E-state index in [0.717, 1.165) is 11.3 Å². The maximum absolute atomic E-state index is 11.8. The van der Waals surface area contributed by atoms with Gasteiger partial charge in [-0.15, -0.1) is 11.3 Å². The van der Waals surface area contributed by atoms with Crippen LogP contribution in [0.2, 0.25) is 5.02 Å². The molecular weight excluding hydrogens is 286 g/mol. The van der Waals surface area contributed by atoms with Gasteiger partial charge in [-0.05, 0) is 25.3 Å². The fourth-order valence-corrected chi connectivity index (χ4v) is 3.83. The third-order valence-corrected chi connectivity index (χ3v) is 5.54. The van der Waals surface area contributed by atoms with Crippen LogP contribution >= 0.6 is 22.9 Å². The third-order valence-electron chi connectivity index (χ3n) is 2.11. The molecule has 0 aliphatic heterocycles. The van der Waals surface area contributed by atoms with E-state index >= 15 is 0 Å². The molecule has 1 aromatic heterocycles. The largest absolute Gasteiger partial charge is 0.481 e. The number of rotatable bonds is 5. The van der Waals surface area contributed by atoms with Crippen molar-refractivity contribution in [2.45, 2.75) is 18.1 Å². The summed E-state index contributed by atoms with van der Waals surface area (Å²) >= 11 is 6.70. The Hall–Kier alpha value is -0.630. The minimum absolute atomic E-state index is 0.000329. The standard InChI is InChI=1S/C9H12ClNO4S2/c1-9(2,8(12)13)5-11-17(14,15)7-6(10)3-4-16-7/h3-4,11H,5H2,1-2H3,(H,12,13). The number of thiophene rings is 1. The number of carboxylic acid groups (broad SMARTS) is 1. The molecule has 8 heteroatoms. The molecule has 0 aliphatic rings. The number of aliphatic carboxylic acids is 1. The molecular formula is C9H12ClNO4S2. The maximum atomic E-state index is 11.8. The SMILES string of the molecule is CC(C)(CNS(=O)(=O)c1sccc1Cl)C(=O)O. The van der Waals surface area contributed by atoms with Crippen molar-refractivity contribution in [2.24, 2.45) is 5.41 Å². The van der Waals surface area contributed by atoms with Crippen LogP contribution < -0.4 is 4.72 Å². The molecule has 0 saturated heterocycles. The van der Waals surface area contributed by atoms with Crippen molar-refractivity contribution in [1.82, 2.24) is 4.72 Å². The summed E-state index contributed by atoms with van der Waals surface area (Å²) in [6.45, 7) is 2.68. The number of sulfonamides is 1. The van der Waals surface area contributed by atoms with Crippen molar-refractivity contribution in [3.63, 3.8) is 0 Å². The quantitative estimate of drug-likeness (QED) is 0.868. The van der Waals surface area contributed by atoms with E-state index < -0.39 is 21.4 Å². The average molecular weight is 298 g/mol. The Morgan fingerprint density at radius 3 is 2.59 bits per heavy atom. The molecule has 1 aromatic rings. The molecule has 1 rings (SSSR count). The van der Waals surface area contributed by atoms with E-state index in [1.807, 2.05) is 0 Å². The molecule has 0 aliphatic carbocycles. The van der Waals surface area contributed by atoms with Crippen LogP contribution in [0.3, 0.4) is 0 Å². The van der Waals surface area contributed by atoms with Gasteiger partial charge in [0.15, 0.2) is 4.21 Å². The van der Waals surface area contributed by atoms with Gasteiger partial charge in [0.25, 0.3) is 10.0 Å². The summed E-state index contributed by atoms with van der Waals surface area (Å²) in [6.07, 6.45) is 0. The van der Waals surface area contributed by atoms with Gasteiger partial charge < -0.3 is 5.11 Å². The average Bonchev–Trinajstić information content (AvgIpc) is 2.62. The Morgan fingerprint density at radius 2 is 2.18 bits per heavy atom. The van der Waals surface area contributed by atoms with E-state index in [-0.39, 0.29) is 15.8 Å². The molecule has 0 atom stereocenters. The lowest BCUT2D eigenvalue weighted by molar-refractivity contribution is -0.146. The second-order valence-electron chi connectivity index (χ2n) is 4.07. The summed E-state index contributed by atoms with van der Waals surface area (Å²) in [4.78, 5) is 10.8. The Bertz CT molecular complexity index is 521. The molecule has 0 aromatic carbocycles. The molecule has 0 radical (unpaired) electrons. The minimum Gasteiger partial charge on any atom is -0.481 e. The summed E-state index contributed by atoms with van der Waals surface area (Å²) in [5.74, 6) is -1.07. The number of carbonyl (C=O) groups is 1. The monoisotopic (exact) mass is 297 g/mol. The van der Waals surface area contributed by atoms with Gasteiger partial charge in [0, 0.05) is 6.54 Å². The van der Waals surface area contributed by atoms with Gasteiger partial charge in [0.1, 0.15) is 0 Å². The Balaban J connectivity index is 2.83. The molecule has 5 nitrogen and oxygen atoms in total. The van der Waals surface area contributed by atoms with E-state index in [4.69, 9.17) is 16.7 Å². The zero-order valence-electron chi connectivity index (χ0n) is 9.23. The lowest BCUT2D eigenvalue weighted by Crippen LogP contribution is -2.38. The van der Waals surface area contributed by atoms with Gasteiger partial charge in [-0.1, -0.05) is 11.6 Å². The van der Waals surface area contributed by atoms with Gasteiger partial charge in [-0.3, -0.25) is 4.79 Å². The molecule has 96 valence electrons. The highest BCUT2D eigenvalue weighted by Crippen LogP contribution is 2.27. The van der Waals surface area contributed by atoms with E-state index in [9.17, 15) is 13.2 Å². The van der Waals surface area contributed by atoms with Crippen LogP contribution in [0.4, 0.5) is 0 Å². The normalized spacial score (nSPS) is 12.6. The molecule has 0 amide bonds. The van der Waals surface area contributed by atoms with Crippen LogP contribution in [-0.4, -0.2) is 26.0 Å². The van der Waals surface area contributed by atoms with E-state index in [2.05, 4.69) is 4.72 Å². The number of carboxylic acids is 1. The summed E-state index contributed by atoms with van der Waals surface area (Å²) in [7, 11) is -3.74. The maximum Gasteiger partial charge on any atom is 0.310 e. The summed E-state index contributed by atoms with van der Waals surface area (Å²) < 4.78 is 25.9. The number of halogens is 1. The molecule has 0 fully saturated rings. The van der Waals surface area contributed by atoms with Crippen molar-refractivity contribution in [2.75, 3.05) is 6.54 Å². The zero-order valence-corrected chi connectivity index (χ0v) is 11.6. The van der Waals surface area contributed by atoms with Crippen molar-refractivity contribution < 1.29 is 18.3 Å². The Kier molecular flexibility index (Phi) is 4.19. The van der Waals surface area contributed by atoms with Crippen molar-refractivity contribution in [1.29, 1.82) is 0 Å². The number of nitrogens with one attached hydrogen (secondary N) is 1. The lowest BCUT2D eigenvalue weighted by atomic mass is 9.95. The van der Waals surface area contributed by atoms with Gasteiger partial charge in [0.2, 0.25) is 0 Å². The first-order chi connectivity index (χ1) is 7.67. The van der Waals surface area contributed by atoms with Gasteiger partial charge in [0.05, 0.1) is 10.4 Å². The van der Waals surface area contributed by atoms with E-state index in [1.54, 1.807) is 5.38 Å². The molecule has 0 bridgehead atoms. The van der Waals surface area contributed by atoms with E-state index in [1.165, 1.54) is 19.9 Å². The van der Waals surface area contributed by atoms with Crippen LogP contribution in [0.15, 0.2) is 15.7 Å². The van der Waals surface area contributed by atoms with Crippen molar-refractivity contribution in [3.8, 4) is 0 Å². The van der Waals surface area contributed by atoms with Gasteiger partial charge >= 0.3 is 5.97 Å². The second kappa shape index (κ2) is 4.93. The van der Waals surface area contributed by atoms with Gasteiger partial charge in [-0.25, -0.2) is 13.1 Å². The first kappa shape index (κ1) is 14.4. The van der Waals surface area contributed by atoms with Crippen LogP contribution in [-0.2, 0) is 14.8 Å². The highest BCUT2D eigenvalue weighted by molar-refractivity contribution is 7.91. The molecule has 0 spiro atoms. The van der Waals surface area contributed by atoms with Crippen LogP contribution in [0.1, 0.15) is 13.8 Å². The van der Waals surface area contributed by atoms with Gasteiger partial charge in [-0.2, -0.15) is 0 Å². The predicted octanol–water partition coefficient (Wildman–Crippen LogP) is 1.79. The summed E-state index contributed by atoms with van der Waals surface area (Å²) in [5, 5.41) is 10.6. The molecule has 17 heavy (non-hydrogen) atoms. The third kappa shape index (κ3) is 3.41. The fourth-order valence-electron chi connectivity index (χ4n) is 0.888. The van der Waals surface area contributed by atoms with E-state index in [0.29, 0.717) is 0 Å². The molecule has 0 unspecified atom stereocenters.